The largest absolute Gasteiger partial charge is 0.465 e. The number of nitrogens with two attached hydrogens (primary N) is 1. The number of pyridine rings is 2. The number of aromatic nitrogens is 2. The third-order valence-electron chi connectivity index (χ3n) is 4.81. The summed E-state index contributed by atoms with van der Waals surface area (Å²) in [6, 6.07) is 9.38. The predicted octanol–water partition coefficient (Wildman–Crippen LogP) is 3.93. The first kappa shape index (κ1) is 19.4. The minimum absolute atomic E-state index is 0.0756. The number of nitrogens with zero attached hydrogens (tertiary/aromatic N) is 2. The summed E-state index contributed by atoms with van der Waals surface area (Å²) in [4.78, 5) is 29.4. The molecular weight excluding hydrogens is 399 g/mol. The van der Waals surface area contributed by atoms with Gasteiger partial charge >= 0.3 is 12.1 Å². The molecule has 0 aliphatic heterocycles. The van der Waals surface area contributed by atoms with Crippen LogP contribution in [0.3, 0.4) is 0 Å². The van der Waals surface area contributed by atoms with E-state index in [1.807, 2.05) is 0 Å². The van der Waals surface area contributed by atoms with Gasteiger partial charge < -0.3 is 10.5 Å². The van der Waals surface area contributed by atoms with Gasteiger partial charge in [-0.15, -0.1) is 0 Å². The second-order valence-corrected chi connectivity index (χ2v) is 6.56. The fourth-order valence-corrected chi connectivity index (χ4v) is 3.36. The van der Waals surface area contributed by atoms with Gasteiger partial charge in [-0.3, -0.25) is 14.3 Å². The van der Waals surface area contributed by atoms with Crippen LogP contribution in [0.25, 0.3) is 27.4 Å². The molecule has 4 rings (SSSR count). The fourth-order valence-electron chi connectivity index (χ4n) is 3.36. The van der Waals surface area contributed by atoms with E-state index in [2.05, 4.69) is 9.72 Å². The zero-order valence-electron chi connectivity index (χ0n) is 15.5. The van der Waals surface area contributed by atoms with Crippen LogP contribution in [0, 0.1) is 0 Å². The molecule has 0 saturated carbocycles. The highest BCUT2D eigenvalue weighted by Gasteiger charge is 2.32. The van der Waals surface area contributed by atoms with Crippen LogP contribution >= 0.6 is 0 Å². The number of nitrogen functional groups attached to an aromatic ring is 1. The van der Waals surface area contributed by atoms with Crippen molar-refractivity contribution < 1.29 is 22.7 Å². The number of carbonyl (C=O) groups is 1. The van der Waals surface area contributed by atoms with Gasteiger partial charge in [0.2, 0.25) is 0 Å². The summed E-state index contributed by atoms with van der Waals surface area (Å²) in [6.07, 6.45) is -1.46. The summed E-state index contributed by atoms with van der Waals surface area (Å²) in [5.74, 6) is -0.974. The van der Waals surface area contributed by atoms with Crippen LogP contribution in [0.1, 0.15) is 15.9 Å². The molecule has 0 atom stereocenters. The topological polar surface area (TPSA) is 87.2 Å². The first-order chi connectivity index (χ1) is 14.2. The van der Waals surface area contributed by atoms with E-state index >= 15 is 0 Å². The van der Waals surface area contributed by atoms with Crippen molar-refractivity contribution >= 4 is 33.3 Å². The van der Waals surface area contributed by atoms with Gasteiger partial charge in [0.15, 0.2) is 0 Å². The lowest BCUT2D eigenvalue weighted by atomic mass is 10.0. The Morgan fingerprint density at radius 1 is 1.10 bits per heavy atom. The van der Waals surface area contributed by atoms with E-state index in [-0.39, 0.29) is 22.3 Å². The van der Waals surface area contributed by atoms with E-state index in [1.54, 1.807) is 36.7 Å². The maximum Gasteiger partial charge on any atom is 0.416 e. The minimum Gasteiger partial charge on any atom is -0.465 e. The highest BCUT2D eigenvalue weighted by Crippen LogP contribution is 2.34. The van der Waals surface area contributed by atoms with Crippen molar-refractivity contribution in [1.29, 1.82) is 0 Å². The van der Waals surface area contributed by atoms with Crippen LogP contribution in [0.4, 0.5) is 18.9 Å². The zero-order valence-corrected chi connectivity index (χ0v) is 15.5. The first-order valence-corrected chi connectivity index (χ1v) is 8.70. The highest BCUT2D eigenvalue weighted by molar-refractivity contribution is 6.04. The van der Waals surface area contributed by atoms with Crippen LogP contribution in [-0.4, -0.2) is 22.6 Å². The van der Waals surface area contributed by atoms with Crippen molar-refractivity contribution in [2.24, 2.45) is 0 Å². The van der Waals surface area contributed by atoms with E-state index in [0.29, 0.717) is 5.39 Å². The quantitative estimate of drug-likeness (QED) is 0.503. The molecule has 2 aromatic carbocycles. The Labute approximate surface area is 167 Å². The number of hydrogen-bond acceptors (Lipinski definition) is 5. The average Bonchev–Trinajstić information content (AvgIpc) is 2.72. The summed E-state index contributed by atoms with van der Waals surface area (Å²) < 4.78 is 45.7. The minimum atomic E-state index is -4.63. The number of anilines is 1. The number of halogens is 3. The molecule has 0 aliphatic rings. The number of benzene rings is 2. The summed E-state index contributed by atoms with van der Waals surface area (Å²) in [5.41, 5.74) is 3.68. The maximum absolute atomic E-state index is 13.3. The van der Waals surface area contributed by atoms with Crippen LogP contribution < -0.4 is 11.3 Å². The molecule has 0 fully saturated rings. The van der Waals surface area contributed by atoms with Gasteiger partial charge in [0, 0.05) is 28.9 Å². The number of methoxy groups -OCH3 is 1. The number of hydrogen-bond donors (Lipinski definition) is 1. The van der Waals surface area contributed by atoms with E-state index in [0.717, 1.165) is 35.3 Å². The van der Waals surface area contributed by atoms with Gasteiger partial charge in [-0.05, 0) is 35.7 Å². The highest BCUT2D eigenvalue weighted by atomic mass is 19.4. The van der Waals surface area contributed by atoms with Crippen LogP contribution in [-0.2, 0) is 10.9 Å². The molecule has 9 heteroatoms. The fraction of sp³-hybridized carbons (Fsp3) is 0.0952. The second-order valence-electron chi connectivity index (χ2n) is 6.56. The smallest absolute Gasteiger partial charge is 0.416 e. The molecule has 0 bridgehead atoms. The third-order valence-corrected chi connectivity index (χ3v) is 4.81. The van der Waals surface area contributed by atoms with Crippen molar-refractivity contribution in [3.8, 4) is 5.69 Å². The van der Waals surface area contributed by atoms with Gasteiger partial charge in [-0.2, -0.15) is 13.2 Å². The van der Waals surface area contributed by atoms with E-state index in [1.165, 1.54) is 0 Å². The third kappa shape index (κ3) is 3.04. The number of esters is 1. The van der Waals surface area contributed by atoms with Crippen LogP contribution in [0.15, 0.2) is 59.7 Å². The monoisotopic (exact) mass is 413 g/mol. The van der Waals surface area contributed by atoms with E-state index in [4.69, 9.17) is 5.73 Å². The molecule has 4 aromatic rings. The molecule has 0 spiro atoms. The van der Waals surface area contributed by atoms with Gasteiger partial charge in [0.1, 0.15) is 5.56 Å². The second kappa shape index (κ2) is 6.87. The Bertz CT molecular complexity index is 1380. The number of ether oxygens (including phenoxy) is 1. The number of carbonyl (C=O) groups excluding carboxylic acids is 1. The number of fused-ring (bicyclic) bond motifs is 2. The van der Waals surface area contributed by atoms with Crippen LogP contribution in [0.2, 0.25) is 0 Å². The predicted molar refractivity (Wildman–Crippen MR) is 106 cm³/mol. The van der Waals surface area contributed by atoms with Crippen molar-refractivity contribution in [2.45, 2.75) is 6.18 Å². The summed E-state index contributed by atoms with van der Waals surface area (Å²) in [6.45, 7) is 0. The Morgan fingerprint density at radius 3 is 2.57 bits per heavy atom. The Hall–Kier alpha value is -3.88. The normalized spacial score (nSPS) is 11.7. The van der Waals surface area contributed by atoms with Crippen molar-refractivity contribution in [1.82, 2.24) is 9.55 Å². The molecule has 0 saturated heterocycles. The molecule has 6 nitrogen and oxygen atoms in total. The van der Waals surface area contributed by atoms with Crippen molar-refractivity contribution in [3.63, 3.8) is 0 Å². The Kier molecular flexibility index (Phi) is 4.45. The lowest BCUT2D eigenvalue weighted by Gasteiger charge is -2.17. The molecule has 0 radical (unpaired) electrons. The van der Waals surface area contributed by atoms with Gasteiger partial charge in [-0.25, -0.2) is 4.79 Å². The van der Waals surface area contributed by atoms with Gasteiger partial charge in [0.05, 0.1) is 23.9 Å². The van der Waals surface area contributed by atoms with Gasteiger partial charge in [0.25, 0.3) is 5.56 Å². The molecule has 0 aliphatic carbocycles. The summed E-state index contributed by atoms with van der Waals surface area (Å²) in [5, 5.41) is 1.61. The first-order valence-electron chi connectivity index (χ1n) is 8.70. The van der Waals surface area contributed by atoms with E-state index < -0.39 is 28.8 Å². The van der Waals surface area contributed by atoms with Gasteiger partial charge in [-0.1, -0.05) is 12.1 Å². The molecule has 152 valence electrons. The van der Waals surface area contributed by atoms with Crippen molar-refractivity contribution in [2.75, 3.05) is 12.8 Å². The number of rotatable bonds is 2. The molecule has 2 N–H and O–H groups in total. The number of alkyl halides is 3. The molecule has 2 heterocycles. The standard InChI is InChI=1S/C21H14F3N3O3/c1-30-20(29)17-18(25)15-5-3-13(21(22,23)24)9-16(15)27(19(17)28)14-4-2-12-10-26-7-6-11(12)8-14/h2-10H,25H2,1H3. The SMILES string of the molecule is COC(=O)c1c(N)c2ccc(C(F)(F)F)cc2n(-c2ccc3cnccc3c2)c1=O. The van der Waals surface area contributed by atoms with E-state index in [9.17, 15) is 22.8 Å². The summed E-state index contributed by atoms with van der Waals surface area (Å²) in [7, 11) is 1.09. The van der Waals surface area contributed by atoms with Crippen molar-refractivity contribution in [3.05, 3.63) is 76.3 Å². The lowest BCUT2D eigenvalue weighted by molar-refractivity contribution is -0.137. The summed E-state index contributed by atoms with van der Waals surface area (Å²) >= 11 is 0. The maximum atomic E-state index is 13.3. The Morgan fingerprint density at radius 2 is 1.87 bits per heavy atom. The Balaban J connectivity index is 2.16. The van der Waals surface area contributed by atoms with Crippen LogP contribution in [0.5, 0.6) is 0 Å². The molecule has 0 unspecified atom stereocenters. The molecule has 30 heavy (non-hydrogen) atoms. The zero-order chi connectivity index (χ0) is 21.6. The lowest BCUT2D eigenvalue weighted by Crippen LogP contribution is -2.28. The molecule has 2 aromatic heterocycles. The molecular formula is C21H14F3N3O3. The average molecular weight is 413 g/mol. The molecule has 0 amide bonds.